The summed E-state index contributed by atoms with van der Waals surface area (Å²) >= 11 is 0. The molecule has 0 saturated heterocycles. The van der Waals surface area contributed by atoms with E-state index in [2.05, 4.69) is 19.9 Å². The molecule has 3 aliphatic carbocycles. The minimum absolute atomic E-state index is 0.401. The molecular weight excluding hydrogens is 284 g/mol. The van der Waals surface area contributed by atoms with Crippen molar-refractivity contribution in [3.8, 4) is 5.75 Å². The zero-order chi connectivity index (χ0) is 16.2. The van der Waals surface area contributed by atoms with E-state index in [1.54, 1.807) is 7.11 Å². The number of aromatic hydroxyl groups is 1. The van der Waals surface area contributed by atoms with Crippen LogP contribution < -0.4 is 0 Å². The summed E-state index contributed by atoms with van der Waals surface area (Å²) in [6.45, 7) is 5.81. The summed E-state index contributed by atoms with van der Waals surface area (Å²) in [5, 5.41) is 9.96. The maximum Gasteiger partial charge on any atom is 0.115 e. The quantitative estimate of drug-likeness (QED) is 0.825. The first-order chi connectivity index (χ1) is 11.0. The molecule has 2 heteroatoms. The van der Waals surface area contributed by atoms with Crippen molar-refractivity contribution in [1.29, 1.82) is 0 Å². The monoisotopic (exact) mass is 314 g/mol. The van der Waals surface area contributed by atoms with Crippen LogP contribution in [0.25, 0.3) is 0 Å². The number of hydrogen-bond acceptors (Lipinski definition) is 2. The summed E-state index contributed by atoms with van der Waals surface area (Å²) in [6, 6.07) is 6.08. The van der Waals surface area contributed by atoms with Gasteiger partial charge in [0.05, 0.1) is 6.61 Å². The second kappa shape index (κ2) is 5.51. The maximum absolute atomic E-state index is 9.96. The first kappa shape index (κ1) is 15.5. The van der Waals surface area contributed by atoms with Crippen LogP contribution in [0.15, 0.2) is 18.2 Å². The molecular formula is C21H30O2. The molecule has 2 fully saturated rings. The molecule has 1 aromatic carbocycles. The standard InChI is InChI=1S/C21H30O2/c1-13-4-7-20-19-10-14(12-23-3)18-11-15(22)5-6-16(18)17(19)8-9-21(13,20)2/h5-6,11,13-14,17,19-20,22H,4,7-10,12H2,1-3H3/t13-,14+,17?,19?,20?,21+/m0/s1. The van der Waals surface area contributed by atoms with Crippen LogP contribution in [-0.2, 0) is 4.74 Å². The van der Waals surface area contributed by atoms with Crippen LogP contribution in [0.4, 0.5) is 0 Å². The predicted octanol–water partition coefficient (Wildman–Crippen LogP) is 5.07. The van der Waals surface area contributed by atoms with Crippen LogP contribution >= 0.6 is 0 Å². The molecule has 3 aliphatic rings. The molecule has 1 N–H and O–H groups in total. The molecule has 4 rings (SSSR count). The number of rotatable bonds is 2. The zero-order valence-electron chi connectivity index (χ0n) is 14.7. The first-order valence-corrected chi connectivity index (χ1v) is 9.36. The van der Waals surface area contributed by atoms with Gasteiger partial charge in [-0.05, 0) is 84.5 Å². The molecule has 3 unspecified atom stereocenters. The second-order valence-electron chi connectivity index (χ2n) is 8.60. The molecule has 0 aromatic heterocycles. The maximum atomic E-state index is 9.96. The van der Waals surface area contributed by atoms with E-state index in [1.165, 1.54) is 43.2 Å². The van der Waals surface area contributed by atoms with Gasteiger partial charge in [-0.15, -0.1) is 0 Å². The molecule has 0 bridgehead atoms. The van der Waals surface area contributed by atoms with Gasteiger partial charge >= 0.3 is 0 Å². The highest BCUT2D eigenvalue weighted by Gasteiger charge is 2.54. The number of phenols is 1. The molecule has 0 spiro atoms. The molecule has 23 heavy (non-hydrogen) atoms. The van der Waals surface area contributed by atoms with Gasteiger partial charge in [0.1, 0.15) is 5.75 Å². The van der Waals surface area contributed by atoms with Crippen LogP contribution in [0, 0.1) is 23.2 Å². The number of phenolic OH excluding ortho intramolecular Hbond substituents is 1. The lowest BCUT2D eigenvalue weighted by Crippen LogP contribution is -2.42. The molecule has 0 aliphatic heterocycles. The number of benzene rings is 1. The Bertz CT molecular complexity index is 596. The first-order valence-electron chi connectivity index (χ1n) is 9.36. The smallest absolute Gasteiger partial charge is 0.115 e. The molecule has 0 amide bonds. The second-order valence-corrected chi connectivity index (χ2v) is 8.60. The Hall–Kier alpha value is -1.02. The van der Waals surface area contributed by atoms with E-state index < -0.39 is 0 Å². The molecule has 6 atom stereocenters. The van der Waals surface area contributed by atoms with E-state index in [0.717, 1.165) is 24.4 Å². The van der Waals surface area contributed by atoms with Crippen molar-refractivity contribution < 1.29 is 9.84 Å². The Morgan fingerprint density at radius 2 is 2.04 bits per heavy atom. The Balaban J connectivity index is 1.74. The molecule has 1 aromatic rings. The molecule has 0 radical (unpaired) electrons. The summed E-state index contributed by atoms with van der Waals surface area (Å²) in [5.74, 6) is 4.09. The van der Waals surface area contributed by atoms with Gasteiger partial charge < -0.3 is 9.84 Å². The summed E-state index contributed by atoms with van der Waals surface area (Å²) in [5.41, 5.74) is 3.40. The van der Waals surface area contributed by atoms with E-state index in [9.17, 15) is 5.11 Å². The number of fused-ring (bicyclic) bond motifs is 5. The van der Waals surface area contributed by atoms with E-state index in [1.807, 2.05) is 12.1 Å². The molecule has 0 heterocycles. The number of ether oxygens (including phenoxy) is 1. The Morgan fingerprint density at radius 1 is 1.22 bits per heavy atom. The van der Waals surface area contributed by atoms with Gasteiger partial charge in [-0.2, -0.15) is 0 Å². The fraction of sp³-hybridized carbons (Fsp3) is 0.714. The highest BCUT2D eigenvalue weighted by molar-refractivity contribution is 5.42. The lowest BCUT2D eigenvalue weighted by atomic mass is 9.53. The number of hydrogen-bond donors (Lipinski definition) is 1. The van der Waals surface area contributed by atoms with Crippen molar-refractivity contribution in [3.63, 3.8) is 0 Å². The third-order valence-electron chi connectivity index (χ3n) is 7.75. The Kier molecular flexibility index (Phi) is 3.72. The average molecular weight is 314 g/mol. The van der Waals surface area contributed by atoms with Crippen LogP contribution in [0.1, 0.15) is 68.9 Å². The molecule has 2 saturated carbocycles. The summed E-state index contributed by atoms with van der Waals surface area (Å²) in [6.07, 6.45) is 6.74. The van der Waals surface area contributed by atoms with Gasteiger partial charge in [0.25, 0.3) is 0 Å². The lowest BCUT2D eigenvalue weighted by molar-refractivity contribution is 0.0223. The van der Waals surface area contributed by atoms with Crippen molar-refractivity contribution in [3.05, 3.63) is 29.3 Å². The normalized spacial score (nSPS) is 42.0. The Morgan fingerprint density at radius 3 is 2.83 bits per heavy atom. The minimum atomic E-state index is 0.401. The summed E-state index contributed by atoms with van der Waals surface area (Å²) < 4.78 is 5.53. The van der Waals surface area contributed by atoms with Crippen LogP contribution in [0.3, 0.4) is 0 Å². The fourth-order valence-electron chi connectivity index (χ4n) is 6.33. The van der Waals surface area contributed by atoms with Gasteiger partial charge in [0, 0.05) is 13.0 Å². The Labute approximate surface area is 140 Å². The third kappa shape index (κ3) is 2.25. The average Bonchev–Trinajstić information content (AvgIpc) is 2.83. The molecule has 126 valence electrons. The van der Waals surface area contributed by atoms with Crippen molar-refractivity contribution in [2.75, 3.05) is 13.7 Å². The van der Waals surface area contributed by atoms with E-state index in [0.29, 0.717) is 23.0 Å². The van der Waals surface area contributed by atoms with Gasteiger partial charge in [-0.1, -0.05) is 19.9 Å². The predicted molar refractivity (Wildman–Crippen MR) is 92.8 cm³/mol. The van der Waals surface area contributed by atoms with Crippen molar-refractivity contribution in [2.45, 2.75) is 57.8 Å². The SMILES string of the molecule is COC[C@H]1CC2C(CC[C@@]3(C)C2CC[C@@H]3C)c2ccc(O)cc21. The fourth-order valence-corrected chi connectivity index (χ4v) is 6.33. The highest BCUT2D eigenvalue weighted by Crippen LogP contribution is 2.64. The van der Waals surface area contributed by atoms with Gasteiger partial charge in [-0.3, -0.25) is 0 Å². The zero-order valence-corrected chi connectivity index (χ0v) is 14.7. The molecule has 2 nitrogen and oxygen atoms in total. The summed E-state index contributed by atoms with van der Waals surface area (Å²) in [7, 11) is 1.80. The van der Waals surface area contributed by atoms with Gasteiger partial charge in [0.2, 0.25) is 0 Å². The van der Waals surface area contributed by atoms with Crippen molar-refractivity contribution in [2.24, 2.45) is 23.2 Å². The van der Waals surface area contributed by atoms with Crippen molar-refractivity contribution >= 4 is 0 Å². The summed E-state index contributed by atoms with van der Waals surface area (Å²) in [4.78, 5) is 0. The van der Waals surface area contributed by atoms with E-state index in [-0.39, 0.29) is 0 Å². The third-order valence-corrected chi connectivity index (χ3v) is 7.75. The van der Waals surface area contributed by atoms with E-state index in [4.69, 9.17) is 4.74 Å². The minimum Gasteiger partial charge on any atom is -0.508 e. The largest absolute Gasteiger partial charge is 0.508 e. The van der Waals surface area contributed by atoms with Crippen LogP contribution in [0.2, 0.25) is 0 Å². The van der Waals surface area contributed by atoms with Crippen molar-refractivity contribution in [1.82, 2.24) is 0 Å². The van der Waals surface area contributed by atoms with Crippen LogP contribution in [-0.4, -0.2) is 18.8 Å². The van der Waals surface area contributed by atoms with Gasteiger partial charge in [0.15, 0.2) is 0 Å². The topological polar surface area (TPSA) is 29.5 Å². The van der Waals surface area contributed by atoms with E-state index >= 15 is 0 Å². The lowest BCUT2D eigenvalue weighted by Gasteiger charge is -2.52. The highest BCUT2D eigenvalue weighted by atomic mass is 16.5. The van der Waals surface area contributed by atoms with Crippen LogP contribution in [0.5, 0.6) is 5.75 Å². The number of methoxy groups -OCH3 is 1. The van der Waals surface area contributed by atoms with Gasteiger partial charge in [-0.25, -0.2) is 0 Å².